The monoisotopic (exact) mass is 483 g/mol. The van der Waals surface area contributed by atoms with Gasteiger partial charge in [0.1, 0.15) is 12.3 Å². The van der Waals surface area contributed by atoms with Crippen molar-refractivity contribution in [1.29, 1.82) is 0 Å². The van der Waals surface area contributed by atoms with E-state index in [1.807, 2.05) is 25.4 Å². The Balaban J connectivity index is 1.57. The van der Waals surface area contributed by atoms with E-state index in [0.717, 1.165) is 10.9 Å². The molecular formula is C23H20F3N7O2. The van der Waals surface area contributed by atoms with Crippen LogP contribution in [-0.4, -0.2) is 45.6 Å². The number of nitrogens with zero attached hydrogens (tertiary/aromatic N) is 6. The molecule has 0 saturated heterocycles. The van der Waals surface area contributed by atoms with Crippen LogP contribution in [0.2, 0.25) is 0 Å². The van der Waals surface area contributed by atoms with Crippen molar-refractivity contribution in [3.63, 3.8) is 0 Å². The third-order valence-electron chi connectivity index (χ3n) is 5.50. The van der Waals surface area contributed by atoms with Gasteiger partial charge in [-0.1, -0.05) is 0 Å². The zero-order valence-corrected chi connectivity index (χ0v) is 18.7. The van der Waals surface area contributed by atoms with Gasteiger partial charge < -0.3 is 10.1 Å². The van der Waals surface area contributed by atoms with Gasteiger partial charge >= 0.3 is 12.2 Å². The lowest BCUT2D eigenvalue weighted by atomic mass is 10.1. The van der Waals surface area contributed by atoms with Crippen molar-refractivity contribution < 1.29 is 22.7 Å². The highest BCUT2D eigenvalue weighted by Gasteiger charge is 2.35. The number of methoxy groups -OCH3 is 1. The van der Waals surface area contributed by atoms with Gasteiger partial charge in [0.2, 0.25) is 5.95 Å². The Morgan fingerprint density at radius 2 is 1.86 bits per heavy atom. The molecule has 0 fully saturated rings. The van der Waals surface area contributed by atoms with Crippen LogP contribution in [0, 0.1) is 0 Å². The van der Waals surface area contributed by atoms with Gasteiger partial charge in [0.25, 0.3) is 0 Å². The van der Waals surface area contributed by atoms with Crippen LogP contribution in [0.5, 0.6) is 5.75 Å². The Morgan fingerprint density at radius 1 is 1.11 bits per heavy atom. The van der Waals surface area contributed by atoms with E-state index in [9.17, 15) is 18.0 Å². The maximum Gasteiger partial charge on any atom is 0.405 e. The number of anilines is 4. The van der Waals surface area contributed by atoms with Gasteiger partial charge in [0.05, 0.1) is 24.9 Å². The molecule has 2 amide bonds. The van der Waals surface area contributed by atoms with E-state index in [0.29, 0.717) is 22.7 Å². The minimum absolute atomic E-state index is 0.145. The average molecular weight is 483 g/mol. The highest BCUT2D eigenvalue weighted by atomic mass is 19.4. The number of rotatable bonds is 5. The lowest BCUT2D eigenvalue weighted by Crippen LogP contribution is -2.45. The van der Waals surface area contributed by atoms with E-state index in [4.69, 9.17) is 4.74 Å². The van der Waals surface area contributed by atoms with Crippen LogP contribution < -0.4 is 19.9 Å². The first-order valence-electron chi connectivity index (χ1n) is 10.6. The third kappa shape index (κ3) is 4.42. The normalized spacial score (nSPS) is 13.8. The second kappa shape index (κ2) is 8.46. The van der Waals surface area contributed by atoms with Crippen LogP contribution in [0.25, 0.3) is 10.9 Å². The van der Waals surface area contributed by atoms with Gasteiger partial charge in [-0.3, -0.25) is 9.58 Å². The van der Waals surface area contributed by atoms with Gasteiger partial charge in [-0.15, -0.1) is 0 Å². The van der Waals surface area contributed by atoms with Crippen molar-refractivity contribution >= 4 is 40.1 Å². The van der Waals surface area contributed by atoms with Gasteiger partial charge in [-0.05, 0) is 42.5 Å². The van der Waals surface area contributed by atoms with E-state index in [1.54, 1.807) is 39.9 Å². The average Bonchev–Trinajstić information content (AvgIpc) is 3.21. The van der Waals surface area contributed by atoms with Crippen LogP contribution in [0.15, 0.2) is 54.9 Å². The zero-order chi connectivity index (χ0) is 24.7. The maximum atomic E-state index is 13.8. The Bertz CT molecular complexity index is 1400. The van der Waals surface area contributed by atoms with Crippen molar-refractivity contribution in [3.8, 4) is 5.75 Å². The number of hydrogen-bond acceptors (Lipinski definition) is 6. The second-order valence-corrected chi connectivity index (χ2v) is 7.96. The highest BCUT2D eigenvalue weighted by Crippen LogP contribution is 2.37. The SMILES string of the molecule is COc1ccc(N2C(=O)N(c3ccc4nn(C)cc4c3)Cc3cnc(NCC(F)(F)F)nc32)cc1. The van der Waals surface area contributed by atoms with Crippen LogP contribution in [0.3, 0.4) is 0 Å². The first kappa shape index (κ1) is 22.4. The minimum Gasteiger partial charge on any atom is -0.497 e. The van der Waals surface area contributed by atoms with Gasteiger partial charge in [0, 0.05) is 36.1 Å². The number of carbonyl (C=O) groups is 1. The fourth-order valence-electron chi connectivity index (χ4n) is 3.89. The first-order valence-corrected chi connectivity index (χ1v) is 10.6. The highest BCUT2D eigenvalue weighted by molar-refractivity contribution is 6.10. The summed E-state index contributed by atoms with van der Waals surface area (Å²) in [7, 11) is 3.34. The summed E-state index contributed by atoms with van der Waals surface area (Å²) in [6, 6.07) is 11.8. The van der Waals surface area contributed by atoms with E-state index in [2.05, 4.69) is 20.4 Å². The number of halogens is 3. The Kier molecular flexibility index (Phi) is 5.42. The Morgan fingerprint density at radius 3 is 2.57 bits per heavy atom. The molecule has 9 nitrogen and oxygen atoms in total. The maximum absolute atomic E-state index is 13.8. The Labute approximate surface area is 197 Å². The Hall–Kier alpha value is -4.35. The molecule has 0 atom stereocenters. The van der Waals surface area contributed by atoms with Crippen LogP contribution in [0.4, 0.5) is 41.1 Å². The zero-order valence-electron chi connectivity index (χ0n) is 18.7. The topological polar surface area (TPSA) is 88.4 Å². The largest absolute Gasteiger partial charge is 0.497 e. The minimum atomic E-state index is -4.44. The van der Waals surface area contributed by atoms with Crippen molar-refractivity contribution in [2.24, 2.45) is 7.05 Å². The number of nitrogens with one attached hydrogen (secondary N) is 1. The molecule has 180 valence electrons. The summed E-state index contributed by atoms with van der Waals surface area (Å²) in [6.45, 7) is -1.15. The lowest BCUT2D eigenvalue weighted by molar-refractivity contribution is -0.115. The van der Waals surface area contributed by atoms with Crippen LogP contribution in [-0.2, 0) is 13.6 Å². The van der Waals surface area contributed by atoms with Crippen LogP contribution >= 0.6 is 0 Å². The summed E-state index contributed by atoms with van der Waals surface area (Å²) in [5.41, 5.74) is 2.48. The predicted molar refractivity (Wildman–Crippen MR) is 124 cm³/mol. The number of ether oxygens (including phenoxy) is 1. The molecule has 12 heteroatoms. The molecule has 0 spiro atoms. The van der Waals surface area contributed by atoms with E-state index >= 15 is 0 Å². The van der Waals surface area contributed by atoms with E-state index in [1.165, 1.54) is 18.2 Å². The summed E-state index contributed by atoms with van der Waals surface area (Å²) in [6.07, 6.45) is -1.16. The molecule has 4 aromatic rings. The second-order valence-electron chi connectivity index (χ2n) is 7.96. The van der Waals surface area contributed by atoms with Gasteiger partial charge in [-0.25, -0.2) is 14.7 Å². The molecular weight excluding hydrogens is 463 g/mol. The quantitative estimate of drug-likeness (QED) is 0.446. The van der Waals surface area contributed by atoms with Crippen molar-refractivity contribution in [2.45, 2.75) is 12.7 Å². The number of alkyl halides is 3. The van der Waals surface area contributed by atoms with Crippen molar-refractivity contribution in [1.82, 2.24) is 19.7 Å². The molecule has 3 heterocycles. The smallest absolute Gasteiger partial charge is 0.405 e. The predicted octanol–water partition coefficient (Wildman–Crippen LogP) is 4.62. The number of aryl methyl sites for hydroxylation is 1. The number of urea groups is 1. The molecule has 0 bridgehead atoms. The number of amides is 2. The molecule has 2 aromatic carbocycles. The fraction of sp³-hybridized carbons (Fsp3) is 0.217. The number of hydrogen-bond donors (Lipinski definition) is 1. The molecule has 1 N–H and O–H groups in total. The molecule has 0 radical (unpaired) electrons. The molecule has 0 saturated carbocycles. The fourth-order valence-corrected chi connectivity index (χ4v) is 3.89. The van der Waals surface area contributed by atoms with Gasteiger partial charge in [-0.2, -0.15) is 23.3 Å². The van der Waals surface area contributed by atoms with Crippen LogP contribution in [0.1, 0.15) is 5.56 Å². The summed E-state index contributed by atoms with van der Waals surface area (Å²) in [5, 5.41) is 7.40. The number of fused-ring (bicyclic) bond motifs is 2. The van der Waals surface area contributed by atoms with Gasteiger partial charge in [0.15, 0.2) is 5.82 Å². The lowest BCUT2D eigenvalue weighted by Gasteiger charge is -2.36. The summed E-state index contributed by atoms with van der Waals surface area (Å²) >= 11 is 0. The molecule has 0 unspecified atom stereocenters. The van der Waals surface area contributed by atoms with Crippen molar-refractivity contribution in [2.75, 3.05) is 28.8 Å². The molecule has 35 heavy (non-hydrogen) atoms. The summed E-state index contributed by atoms with van der Waals surface area (Å²) in [5.74, 6) is 0.573. The van der Waals surface area contributed by atoms with E-state index in [-0.39, 0.29) is 18.3 Å². The molecule has 1 aliphatic heterocycles. The molecule has 5 rings (SSSR count). The summed E-state index contributed by atoms with van der Waals surface area (Å²) in [4.78, 5) is 25.0. The molecule has 0 aliphatic carbocycles. The van der Waals surface area contributed by atoms with E-state index < -0.39 is 18.8 Å². The first-order chi connectivity index (χ1) is 16.7. The number of benzene rings is 2. The molecule has 1 aliphatic rings. The number of aromatic nitrogens is 4. The summed E-state index contributed by atoms with van der Waals surface area (Å²) < 4.78 is 45.0. The number of carbonyl (C=O) groups excluding carboxylic acids is 1. The standard InChI is InChI=1S/C23H20F3N7O2/c1-31-11-14-9-17(5-8-19(14)30-31)32-12-15-10-27-21(28-13-23(24,25)26)29-20(15)33(22(32)34)16-3-6-18(35-2)7-4-16/h3-11H,12-13H2,1-2H3,(H,27,28,29). The molecule has 2 aromatic heterocycles. The van der Waals surface area contributed by atoms with Crippen molar-refractivity contribution in [3.05, 3.63) is 60.4 Å². The third-order valence-corrected chi connectivity index (χ3v) is 5.50.